The molecule has 0 aliphatic carbocycles. The van der Waals surface area contributed by atoms with Crippen molar-refractivity contribution in [3.8, 4) is 11.1 Å². The number of para-hydroxylation sites is 1. The van der Waals surface area contributed by atoms with Crippen molar-refractivity contribution in [1.29, 1.82) is 0 Å². The van der Waals surface area contributed by atoms with Crippen LogP contribution in [0.1, 0.15) is 15.9 Å². The van der Waals surface area contributed by atoms with E-state index in [0.29, 0.717) is 16.8 Å². The van der Waals surface area contributed by atoms with Crippen LogP contribution in [0, 0.1) is 12.7 Å². The highest BCUT2D eigenvalue weighted by molar-refractivity contribution is 7.92. The molecule has 0 aromatic heterocycles. The zero-order valence-electron chi connectivity index (χ0n) is 15.1. The van der Waals surface area contributed by atoms with Crippen LogP contribution in [0.15, 0.2) is 72.8 Å². The van der Waals surface area contributed by atoms with E-state index in [1.807, 2.05) is 30.3 Å². The van der Waals surface area contributed by atoms with Crippen molar-refractivity contribution >= 4 is 21.6 Å². The fourth-order valence-electron chi connectivity index (χ4n) is 2.71. The molecule has 3 rings (SSSR count). The van der Waals surface area contributed by atoms with Crippen molar-refractivity contribution in [1.82, 2.24) is 5.32 Å². The van der Waals surface area contributed by atoms with Crippen LogP contribution < -0.4 is 10.0 Å². The third kappa shape index (κ3) is 4.75. The van der Waals surface area contributed by atoms with E-state index in [2.05, 4.69) is 10.0 Å². The Morgan fingerprint density at radius 1 is 0.929 bits per heavy atom. The van der Waals surface area contributed by atoms with Crippen LogP contribution in [0.5, 0.6) is 0 Å². The molecule has 3 aromatic carbocycles. The summed E-state index contributed by atoms with van der Waals surface area (Å²) in [5.41, 5.74) is 1.99. The second-order valence-corrected chi connectivity index (χ2v) is 7.98. The quantitative estimate of drug-likeness (QED) is 0.661. The van der Waals surface area contributed by atoms with Crippen molar-refractivity contribution < 1.29 is 17.6 Å². The minimum atomic E-state index is -3.83. The molecule has 0 aliphatic rings. The number of halogens is 1. The Bertz CT molecular complexity index is 1090. The number of amides is 1. The fraction of sp³-hybridized carbons (Fsp3) is 0.0952. The van der Waals surface area contributed by atoms with Crippen LogP contribution in [0.2, 0.25) is 0 Å². The molecule has 2 N–H and O–H groups in total. The molecule has 0 aliphatic heterocycles. The zero-order valence-corrected chi connectivity index (χ0v) is 16.0. The van der Waals surface area contributed by atoms with Crippen molar-refractivity contribution in [2.45, 2.75) is 6.92 Å². The number of sulfonamides is 1. The van der Waals surface area contributed by atoms with Crippen LogP contribution in [-0.4, -0.2) is 20.2 Å². The van der Waals surface area contributed by atoms with E-state index < -0.39 is 27.6 Å². The summed E-state index contributed by atoms with van der Waals surface area (Å²) in [6.07, 6.45) is 0. The Morgan fingerprint density at radius 3 is 2.18 bits per heavy atom. The summed E-state index contributed by atoms with van der Waals surface area (Å²) < 4.78 is 41.2. The van der Waals surface area contributed by atoms with E-state index in [1.165, 1.54) is 6.07 Å². The first-order valence-corrected chi connectivity index (χ1v) is 10.2. The number of aryl methyl sites for hydroxylation is 1. The molecule has 1 amide bonds. The van der Waals surface area contributed by atoms with Gasteiger partial charge in [0.1, 0.15) is 11.7 Å². The lowest BCUT2D eigenvalue weighted by atomic mass is 9.99. The average Bonchev–Trinajstić information content (AvgIpc) is 2.69. The summed E-state index contributed by atoms with van der Waals surface area (Å²) in [5, 5.41) is 2.28. The number of carbonyl (C=O) groups is 1. The summed E-state index contributed by atoms with van der Waals surface area (Å²) in [7, 11) is -3.83. The van der Waals surface area contributed by atoms with Crippen LogP contribution in [0.25, 0.3) is 11.1 Å². The minimum Gasteiger partial charge on any atom is -0.336 e. The lowest BCUT2D eigenvalue weighted by Crippen LogP contribution is -2.33. The third-order valence-electron chi connectivity index (χ3n) is 4.08. The molecular weight excluding hydrogens is 379 g/mol. The van der Waals surface area contributed by atoms with Gasteiger partial charge in [-0.2, -0.15) is 0 Å². The molecule has 0 spiro atoms. The minimum absolute atomic E-state index is 0.200. The van der Waals surface area contributed by atoms with Crippen LogP contribution in [0.4, 0.5) is 10.1 Å². The molecule has 0 atom stereocenters. The van der Waals surface area contributed by atoms with E-state index in [-0.39, 0.29) is 5.56 Å². The second-order valence-electron chi connectivity index (χ2n) is 6.25. The largest absolute Gasteiger partial charge is 0.336 e. The maximum Gasteiger partial charge on any atom is 0.255 e. The molecule has 0 saturated carbocycles. The fourth-order valence-corrected chi connectivity index (χ4v) is 3.60. The summed E-state index contributed by atoms with van der Waals surface area (Å²) >= 11 is 0. The third-order valence-corrected chi connectivity index (χ3v) is 5.15. The lowest BCUT2D eigenvalue weighted by Gasteiger charge is -2.12. The number of hydrogen-bond donors (Lipinski definition) is 2. The van der Waals surface area contributed by atoms with Gasteiger partial charge in [-0.15, -0.1) is 0 Å². The van der Waals surface area contributed by atoms with Gasteiger partial charge < -0.3 is 5.32 Å². The Kier molecular flexibility index (Phi) is 5.75. The summed E-state index contributed by atoms with van der Waals surface area (Å²) in [4.78, 5) is 12.5. The van der Waals surface area contributed by atoms with Gasteiger partial charge in [-0.05, 0) is 47.9 Å². The number of anilines is 1. The molecule has 0 saturated heterocycles. The van der Waals surface area contributed by atoms with E-state index in [0.717, 1.165) is 5.56 Å². The predicted octanol–water partition coefficient (Wildman–Crippen LogP) is 3.93. The van der Waals surface area contributed by atoms with Crippen molar-refractivity contribution in [2.24, 2.45) is 0 Å². The van der Waals surface area contributed by atoms with Crippen LogP contribution >= 0.6 is 0 Å². The second kappa shape index (κ2) is 8.22. The molecule has 7 heteroatoms. The summed E-state index contributed by atoms with van der Waals surface area (Å²) in [5.74, 6) is -2.14. The molecule has 0 radical (unpaired) electrons. The van der Waals surface area contributed by atoms with E-state index in [1.54, 1.807) is 43.3 Å². The first-order chi connectivity index (χ1) is 13.4. The SMILES string of the molecule is Cc1cc(-c2ccccc2)cc(C(=O)NCS(=O)(=O)Nc2ccccc2)c1F. The van der Waals surface area contributed by atoms with Crippen LogP contribution in [-0.2, 0) is 10.0 Å². The highest BCUT2D eigenvalue weighted by atomic mass is 32.2. The average molecular weight is 398 g/mol. The van der Waals surface area contributed by atoms with Crippen LogP contribution in [0.3, 0.4) is 0 Å². The van der Waals surface area contributed by atoms with Gasteiger partial charge in [0.05, 0.1) is 5.56 Å². The molecule has 0 heterocycles. The lowest BCUT2D eigenvalue weighted by molar-refractivity contribution is 0.0955. The van der Waals surface area contributed by atoms with E-state index in [4.69, 9.17) is 0 Å². The Balaban J connectivity index is 1.78. The van der Waals surface area contributed by atoms with Gasteiger partial charge in [0, 0.05) is 5.69 Å². The Labute approximate surface area is 163 Å². The van der Waals surface area contributed by atoms with Gasteiger partial charge in [0.25, 0.3) is 15.9 Å². The predicted molar refractivity (Wildman–Crippen MR) is 108 cm³/mol. The first-order valence-electron chi connectivity index (χ1n) is 8.55. The van der Waals surface area contributed by atoms with Gasteiger partial charge in [-0.1, -0.05) is 48.5 Å². The summed E-state index contributed by atoms with van der Waals surface area (Å²) in [6.45, 7) is 1.56. The highest BCUT2D eigenvalue weighted by Gasteiger charge is 2.18. The van der Waals surface area contributed by atoms with Crippen molar-refractivity contribution in [3.05, 3.63) is 89.7 Å². The standard InChI is InChI=1S/C21H19FN2O3S/c1-15-12-17(16-8-4-2-5-9-16)13-19(20(15)22)21(25)23-14-28(26,27)24-18-10-6-3-7-11-18/h2-13,24H,14H2,1H3,(H,23,25). The maximum atomic E-state index is 14.5. The molecule has 0 unspecified atom stereocenters. The normalized spacial score (nSPS) is 11.1. The number of benzene rings is 3. The topological polar surface area (TPSA) is 75.3 Å². The summed E-state index contributed by atoms with van der Waals surface area (Å²) in [6, 6.07) is 20.6. The Morgan fingerprint density at radius 2 is 1.54 bits per heavy atom. The number of hydrogen-bond acceptors (Lipinski definition) is 3. The zero-order chi connectivity index (χ0) is 20.1. The molecule has 28 heavy (non-hydrogen) atoms. The monoisotopic (exact) mass is 398 g/mol. The molecular formula is C21H19FN2O3S. The van der Waals surface area contributed by atoms with Gasteiger partial charge in [0.15, 0.2) is 0 Å². The van der Waals surface area contributed by atoms with Gasteiger partial charge in [-0.25, -0.2) is 12.8 Å². The molecule has 5 nitrogen and oxygen atoms in total. The highest BCUT2D eigenvalue weighted by Crippen LogP contribution is 2.24. The number of nitrogens with one attached hydrogen (secondary N) is 2. The van der Waals surface area contributed by atoms with E-state index in [9.17, 15) is 17.6 Å². The first kappa shape index (κ1) is 19.6. The van der Waals surface area contributed by atoms with Gasteiger partial charge in [0.2, 0.25) is 0 Å². The molecule has 0 fully saturated rings. The smallest absolute Gasteiger partial charge is 0.255 e. The number of rotatable bonds is 6. The van der Waals surface area contributed by atoms with Crippen molar-refractivity contribution in [3.63, 3.8) is 0 Å². The van der Waals surface area contributed by atoms with Gasteiger partial charge in [-0.3, -0.25) is 9.52 Å². The molecule has 144 valence electrons. The molecule has 3 aromatic rings. The number of carbonyl (C=O) groups excluding carboxylic acids is 1. The Hall–Kier alpha value is -3.19. The van der Waals surface area contributed by atoms with Crippen molar-refractivity contribution in [2.75, 3.05) is 10.6 Å². The van der Waals surface area contributed by atoms with E-state index >= 15 is 0 Å². The molecule has 0 bridgehead atoms. The maximum absolute atomic E-state index is 14.5. The van der Waals surface area contributed by atoms with Gasteiger partial charge >= 0.3 is 0 Å².